The maximum atomic E-state index is 12.6. The molecule has 0 aliphatic rings. The number of hydrogen-bond donors (Lipinski definition) is 1. The monoisotopic (exact) mass is 328 g/mol. The van der Waals surface area contributed by atoms with Gasteiger partial charge in [0.05, 0.1) is 15.6 Å². The Balaban J connectivity index is 2.04. The first kappa shape index (κ1) is 13.3. The molecule has 0 aliphatic carbocycles. The van der Waals surface area contributed by atoms with Gasteiger partial charge < -0.3 is 5.11 Å². The summed E-state index contributed by atoms with van der Waals surface area (Å²) in [6, 6.07) is 12.2. The van der Waals surface area contributed by atoms with Crippen molar-refractivity contribution in [2.75, 3.05) is 0 Å². The van der Waals surface area contributed by atoms with E-state index < -0.39 is 0 Å². The van der Waals surface area contributed by atoms with Gasteiger partial charge in [-0.15, -0.1) is 0 Å². The van der Waals surface area contributed by atoms with E-state index in [1.54, 1.807) is 22.6 Å². The minimum absolute atomic E-state index is 0.0831. The average Bonchev–Trinajstić information content (AvgIpc) is 3.00. The number of nitrogens with zero attached hydrogens (tertiary/aromatic N) is 2. The minimum atomic E-state index is -0.145. The number of phenolic OH excluding ortho intramolecular Hbond substituents is 1. The second-order valence-electron chi connectivity index (χ2n) is 4.84. The molecule has 4 nitrogen and oxygen atoms in total. The van der Waals surface area contributed by atoms with Crippen LogP contribution in [0.25, 0.3) is 22.1 Å². The van der Waals surface area contributed by atoms with Crippen molar-refractivity contribution in [3.8, 4) is 5.75 Å². The topological polar surface area (TPSA) is 54.6 Å². The molecule has 0 atom stereocenters. The Labute approximate surface area is 133 Å². The van der Waals surface area contributed by atoms with Gasteiger partial charge in [-0.1, -0.05) is 35.1 Å². The van der Waals surface area contributed by atoms with Gasteiger partial charge in [-0.05, 0) is 36.4 Å². The molecule has 1 N–H and O–H groups in total. The van der Waals surface area contributed by atoms with Gasteiger partial charge in [0.2, 0.25) is 0 Å². The molecule has 0 amide bonds. The van der Waals surface area contributed by atoms with Crippen LogP contribution in [-0.2, 0) is 0 Å². The van der Waals surface area contributed by atoms with Gasteiger partial charge in [0.1, 0.15) is 5.75 Å². The Morgan fingerprint density at radius 2 is 2.05 bits per heavy atom. The van der Waals surface area contributed by atoms with Crippen molar-refractivity contribution < 1.29 is 5.11 Å². The lowest BCUT2D eigenvalue weighted by Gasteiger charge is -1.97. The van der Waals surface area contributed by atoms with Crippen LogP contribution in [0.5, 0.6) is 5.75 Å². The smallest absolute Gasteiger partial charge is 0.274 e. The molecule has 2 heterocycles. The summed E-state index contributed by atoms with van der Waals surface area (Å²) in [5.74, 6) is 0.0831. The summed E-state index contributed by atoms with van der Waals surface area (Å²) in [6.07, 6.45) is 1.64. The predicted molar refractivity (Wildman–Crippen MR) is 88.7 cm³/mol. The predicted octanol–water partition coefficient (Wildman–Crippen LogP) is 2.82. The lowest BCUT2D eigenvalue weighted by Crippen LogP contribution is -2.22. The van der Waals surface area contributed by atoms with Gasteiger partial charge in [-0.2, -0.15) is 0 Å². The number of rotatable bonds is 1. The SMILES string of the molecule is O=c1/c(=C/c2cc(Cl)ccc2O)sc2nc3ccccc3n12. The molecular formula is C16H9ClN2O2S. The van der Waals surface area contributed by atoms with E-state index in [-0.39, 0.29) is 11.3 Å². The van der Waals surface area contributed by atoms with Crippen molar-refractivity contribution in [3.05, 3.63) is 67.9 Å². The van der Waals surface area contributed by atoms with E-state index >= 15 is 0 Å². The number of benzene rings is 2. The highest BCUT2D eigenvalue weighted by atomic mass is 35.5. The number of thiazole rings is 1. The van der Waals surface area contributed by atoms with Crippen LogP contribution in [0.3, 0.4) is 0 Å². The molecule has 4 aromatic rings. The normalized spacial score (nSPS) is 12.5. The average molecular weight is 329 g/mol. The zero-order valence-corrected chi connectivity index (χ0v) is 12.7. The maximum Gasteiger partial charge on any atom is 0.274 e. The number of hydrogen-bond acceptors (Lipinski definition) is 4. The van der Waals surface area contributed by atoms with E-state index in [0.29, 0.717) is 20.1 Å². The Kier molecular flexibility index (Phi) is 2.92. The summed E-state index contributed by atoms with van der Waals surface area (Å²) in [5, 5.41) is 10.4. The first-order valence-corrected chi connectivity index (χ1v) is 7.73. The highest BCUT2D eigenvalue weighted by Gasteiger charge is 2.11. The van der Waals surface area contributed by atoms with Crippen molar-refractivity contribution >= 4 is 45.0 Å². The Bertz CT molecular complexity index is 1130. The molecule has 0 aliphatic heterocycles. The van der Waals surface area contributed by atoms with E-state index in [9.17, 15) is 9.90 Å². The summed E-state index contributed by atoms with van der Waals surface area (Å²) in [6.45, 7) is 0. The van der Waals surface area contributed by atoms with Crippen LogP contribution < -0.4 is 10.1 Å². The number of halogens is 1. The second kappa shape index (κ2) is 4.83. The highest BCUT2D eigenvalue weighted by Crippen LogP contribution is 2.22. The zero-order chi connectivity index (χ0) is 15.3. The lowest BCUT2D eigenvalue weighted by atomic mass is 10.2. The van der Waals surface area contributed by atoms with Crippen LogP contribution in [-0.4, -0.2) is 14.5 Å². The van der Waals surface area contributed by atoms with Crippen LogP contribution in [0.15, 0.2) is 47.3 Å². The number of fused-ring (bicyclic) bond motifs is 3. The number of phenols is 1. The molecule has 4 rings (SSSR count). The summed E-state index contributed by atoms with van der Waals surface area (Å²) in [5.41, 5.74) is 1.95. The van der Waals surface area contributed by atoms with E-state index in [4.69, 9.17) is 11.6 Å². The van der Waals surface area contributed by atoms with Crippen LogP contribution in [0.1, 0.15) is 5.56 Å². The van der Waals surface area contributed by atoms with Crippen LogP contribution >= 0.6 is 22.9 Å². The maximum absolute atomic E-state index is 12.6. The Hall–Kier alpha value is -2.37. The van der Waals surface area contributed by atoms with Crippen LogP contribution in [0, 0.1) is 0 Å². The molecule has 2 aromatic carbocycles. The fourth-order valence-electron chi connectivity index (χ4n) is 2.39. The van der Waals surface area contributed by atoms with E-state index in [1.165, 1.54) is 17.4 Å². The second-order valence-corrected chi connectivity index (χ2v) is 6.28. The lowest BCUT2D eigenvalue weighted by molar-refractivity contribution is 0.474. The fraction of sp³-hybridized carbons (Fsp3) is 0. The molecule has 2 aromatic heterocycles. The molecule has 0 bridgehead atoms. The minimum Gasteiger partial charge on any atom is -0.507 e. The van der Waals surface area contributed by atoms with Crippen molar-refractivity contribution in [2.45, 2.75) is 0 Å². The van der Waals surface area contributed by atoms with Crippen LogP contribution in [0.4, 0.5) is 0 Å². The van der Waals surface area contributed by atoms with Crippen molar-refractivity contribution in [1.82, 2.24) is 9.38 Å². The summed E-state index contributed by atoms with van der Waals surface area (Å²) < 4.78 is 2.10. The number of imidazole rings is 1. The summed E-state index contributed by atoms with van der Waals surface area (Å²) >= 11 is 7.22. The van der Waals surface area contributed by atoms with Gasteiger partial charge in [0, 0.05) is 10.6 Å². The summed E-state index contributed by atoms with van der Waals surface area (Å²) in [4.78, 5) is 17.7. The quantitative estimate of drug-likeness (QED) is 0.584. The molecule has 0 fully saturated rings. The highest BCUT2D eigenvalue weighted by molar-refractivity contribution is 7.15. The number of para-hydroxylation sites is 2. The molecule has 0 radical (unpaired) electrons. The van der Waals surface area contributed by atoms with Crippen molar-refractivity contribution in [2.24, 2.45) is 0 Å². The van der Waals surface area contributed by atoms with Crippen molar-refractivity contribution in [1.29, 1.82) is 0 Å². The molecule has 108 valence electrons. The van der Waals surface area contributed by atoms with Gasteiger partial charge in [-0.3, -0.25) is 4.79 Å². The number of aromatic nitrogens is 2. The largest absolute Gasteiger partial charge is 0.507 e. The molecule has 0 spiro atoms. The third-order valence-corrected chi connectivity index (χ3v) is 4.63. The molecule has 22 heavy (non-hydrogen) atoms. The molecule has 0 unspecified atom stereocenters. The third-order valence-electron chi connectivity index (χ3n) is 3.42. The Morgan fingerprint density at radius 1 is 1.23 bits per heavy atom. The molecule has 6 heteroatoms. The Morgan fingerprint density at radius 3 is 2.91 bits per heavy atom. The van der Waals surface area contributed by atoms with Gasteiger partial charge >= 0.3 is 0 Å². The van der Waals surface area contributed by atoms with E-state index in [0.717, 1.165) is 11.0 Å². The number of aromatic hydroxyl groups is 1. The molecule has 0 saturated carbocycles. The van der Waals surface area contributed by atoms with Gasteiger partial charge in [0.15, 0.2) is 4.96 Å². The van der Waals surface area contributed by atoms with Gasteiger partial charge in [-0.25, -0.2) is 9.38 Å². The first-order chi connectivity index (χ1) is 10.6. The van der Waals surface area contributed by atoms with E-state index in [1.807, 2.05) is 24.3 Å². The standard InChI is InChI=1S/C16H9ClN2O2S/c17-10-5-6-13(20)9(7-10)8-14-15(21)19-12-4-2-1-3-11(12)18-16(19)22-14/h1-8,20H/b14-8-. The summed E-state index contributed by atoms with van der Waals surface area (Å²) in [7, 11) is 0. The zero-order valence-electron chi connectivity index (χ0n) is 11.2. The van der Waals surface area contributed by atoms with Crippen molar-refractivity contribution in [3.63, 3.8) is 0 Å². The fourth-order valence-corrected chi connectivity index (χ4v) is 3.55. The van der Waals surface area contributed by atoms with Crippen LogP contribution in [0.2, 0.25) is 5.02 Å². The molecular weight excluding hydrogens is 320 g/mol. The first-order valence-electron chi connectivity index (χ1n) is 6.54. The third kappa shape index (κ3) is 1.98. The van der Waals surface area contributed by atoms with Gasteiger partial charge in [0.25, 0.3) is 5.56 Å². The molecule has 0 saturated heterocycles. The van der Waals surface area contributed by atoms with E-state index in [2.05, 4.69) is 4.98 Å².